The van der Waals surface area contributed by atoms with Gasteiger partial charge >= 0.3 is 0 Å². The van der Waals surface area contributed by atoms with E-state index < -0.39 is 0 Å². The van der Waals surface area contributed by atoms with Crippen molar-refractivity contribution in [2.75, 3.05) is 6.61 Å². The van der Waals surface area contributed by atoms with Gasteiger partial charge in [0.2, 0.25) is 0 Å². The standard InChI is InChI=1S/C20H23BrN2OS/c1-2-3-4-5-6-7-14-24-16-10-8-15(9-11-16)17-12-13-18(21)20-19(17)22-25-23-20/h8-13H,2-7,14H2,1H3. The molecule has 2 aromatic carbocycles. The quantitative estimate of drug-likeness (QED) is 0.356. The SMILES string of the molecule is CCCCCCCCOc1ccc(-c2ccc(Br)c3nsnc23)cc1. The molecule has 1 aromatic heterocycles. The Labute approximate surface area is 161 Å². The molecule has 0 aliphatic heterocycles. The van der Waals surface area contributed by atoms with Gasteiger partial charge in [-0.2, -0.15) is 8.75 Å². The molecule has 1 heterocycles. The summed E-state index contributed by atoms with van der Waals surface area (Å²) in [6.07, 6.45) is 7.69. The minimum absolute atomic E-state index is 0.796. The van der Waals surface area contributed by atoms with Crippen molar-refractivity contribution in [1.29, 1.82) is 0 Å². The lowest BCUT2D eigenvalue weighted by Crippen LogP contribution is -1.97. The maximum Gasteiger partial charge on any atom is 0.119 e. The minimum atomic E-state index is 0.796. The Hall–Kier alpha value is -1.46. The third kappa shape index (κ3) is 4.79. The molecule has 0 N–H and O–H groups in total. The molecule has 0 saturated carbocycles. The van der Waals surface area contributed by atoms with Crippen LogP contribution in [0.15, 0.2) is 40.9 Å². The molecule has 0 amide bonds. The van der Waals surface area contributed by atoms with Crippen molar-refractivity contribution in [3.05, 3.63) is 40.9 Å². The number of hydrogen-bond acceptors (Lipinski definition) is 4. The van der Waals surface area contributed by atoms with Crippen LogP contribution in [0.25, 0.3) is 22.2 Å². The van der Waals surface area contributed by atoms with Crippen LogP contribution in [0.2, 0.25) is 0 Å². The van der Waals surface area contributed by atoms with Gasteiger partial charge in [0, 0.05) is 10.0 Å². The molecule has 0 aliphatic rings. The second-order valence-corrected chi connectivity index (χ2v) is 7.58. The lowest BCUT2D eigenvalue weighted by Gasteiger charge is -2.08. The summed E-state index contributed by atoms with van der Waals surface area (Å²) in [6.45, 7) is 3.04. The zero-order chi connectivity index (χ0) is 17.5. The van der Waals surface area contributed by atoms with Crippen molar-refractivity contribution < 1.29 is 4.74 Å². The first-order valence-electron chi connectivity index (χ1n) is 8.93. The molecule has 132 valence electrons. The van der Waals surface area contributed by atoms with Crippen LogP contribution < -0.4 is 4.74 Å². The second-order valence-electron chi connectivity index (χ2n) is 6.20. The van der Waals surface area contributed by atoms with Crippen molar-refractivity contribution >= 4 is 38.7 Å². The maximum atomic E-state index is 5.86. The van der Waals surface area contributed by atoms with Crippen LogP contribution in [0.3, 0.4) is 0 Å². The van der Waals surface area contributed by atoms with Crippen LogP contribution in [0.5, 0.6) is 5.75 Å². The Morgan fingerprint density at radius 3 is 2.40 bits per heavy atom. The van der Waals surface area contributed by atoms with Gasteiger partial charge in [-0.3, -0.25) is 0 Å². The molecule has 0 radical (unpaired) electrons. The van der Waals surface area contributed by atoms with E-state index in [-0.39, 0.29) is 0 Å². The number of aromatic nitrogens is 2. The highest BCUT2D eigenvalue weighted by Crippen LogP contribution is 2.32. The van der Waals surface area contributed by atoms with E-state index in [9.17, 15) is 0 Å². The van der Waals surface area contributed by atoms with Crippen LogP contribution in [-0.4, -0.2) is 15.4 Å². The topological polar surface area (TPSA) is 35.0 Å². The highest BCUT2D eigenvalue weighted by atomic mass is 79.9. The number of benzene rings is 2. The lowest BCUT2D eigenvalue weighted by molar-refractivity contribution is 0.304. The average molecular weight is 419 g/mol. The first-order chi connectivity index (χ1) is 12.3. The summed E-state index contributed by atoms with van der Waals surface area (Å²) in [7, 11) is 0. The van der Waals surface area contributed by atoms with E-state index in [1.54, 1.807) is 0 Å². The van der Waals surface area contributed by atoms with Gasteiger partial charge in [0.1, 0.15) is 16.8 Å². The van der Waals surface area contributed by atoms with Gasteiger partial charge in [-0.05, 0) is 46.1 Å². The van der Waals surface area contributed by atoms with E-state index in [1.807, 2.05) is 18.2 Å². The predicted molar refractivity (Wildman–Crippen MR) is 109 cm³/mol. The normalized spacial score (nSPS) is 11.1. The summed E-state index contributed by atoms with van der Waals surface area (Å²) in [6, 6.07) is 12.4. The number of halogens is 1. The number of ether oxygens (including phenoxy) is 1. The predicted octanol–water partition coefficient (Wildman–Crippen LogP) is 6.86. The number of fused-ring (bicyclic) bond motifs is 1. The van der Waals surface area contributed by atoms with Crippen molar-refractivity contribution in [2.24, 2.45) is 0 Å². The molecule has 25 heavy (non-hydrogen) atoms. The highest BCUT2D eigenvalue weighted by Gasteiger charge is 2.10. The lowest BCUT2D eigenvalue weighted by atomic mass is 10.0. The van der Waals surface area contributed by atoms with Crippen LogP contribution >= 0.6 is 27.7 Å². The molecule has 3 rings (SSSR count). The van der Waals surface area contributed by atoms with Crippen molar-refractivity contribution in [3.63, 3.8) is 0 Å². The van der Waals surface area contributed by atoms with Gasteiger partial charge in [0.25, 0.3) is 0 Å². The third-order valence-corrected chi connectivity index (χ3v) is 5.47. The number of rotatable bonds is 9. The molecule has 0 spiro atoms. The molecule has 3 nitrogen and oxygen atoms in total. The van der Waals surface area contributed by atoms with Crippen LogP contribution in [0, 0.1) is 0 Å². The fourth-order valence-corrected chi connectivity index (χ4v) is 3.97. The Morgan fingerprint density at radius 1 is 0.880 bits per heavy atom. The molecule has 0 unspecified atom stereocenters. The second kappa shape index (κ2) is 9.30. The Balaban J connectivity index is 1.57. The Kier molecular flexibility index (Phi) is 6.82. The summed E-state index contributed by atoms with van der Waals surface area (Å²) in [5.74, 6) is 0.932. The number of hydrogen-bond donors (Lipinski definition) is 0. The van der Waals surface area contributed by atoms with E-state index in [0.29, 0.717) is 0 Å². The third-order valence-electron chi connectivity index (χ3n) is 4.30. The van der Waals surface area contributed by atoms with E-state index >= 15 is 0 Å². The van der Waals surface area contributed by atoms with E-state index in [2.05, 4.69) is 49.8 Å². The molecule has 0 bridgehead atoms. The summed E-state index contributed by atoms with van der Waals surface area (Å²) < 4.78 is 15.6. The molecule has 0 atom stereocenters. The summed E-state index contributed by atoms with van der Waals surface area (Å²) in [5.41, 5.74) is 4.11. The smallest absolute Gasteiger partial charge is 0.119 e. The van der Waals surface area contributed by atoms with Gasteiger partial charge in [-0.1, -0.05) is 57.2 Å². The zero-order valence-corrected chi connectivity index (χ0v) is 16.9. The Bertz CT molecular complexity index is 801. The summed E-state index contributed by atoms with van der Waals surface area (Å²) in [4.78, 5) is 0. The summed E-state index contributed by atoms with van der Waals surface area (Å²) >= 11 is 4.78. The van der Waals surface area contributed by atoms with E-state index in [4.69, 9.17) is 4.74 Å². The molecule has 0 fully saturated rings. The molecular formula is C20H23BrN2OS. The van der Waals surface area contributed by atoms with Crippen molar-refractivity contribution in [3.8, 4) is 16.9 Å². The van der Waals surface area contributed by atoms with Crippen molar-refractivity contribution in [1.82, 2.24) is 8.75 Å². The van der Waals surface area contributed by atoms with Gasteiger partial charge in [0.05, 0.1) is 18.3 Å². The van der Waals surface area contributed by atoms with Crippen LogP contribution in [0.1, 0.15) is 45.4 Å². The molecule has 0 saturated heterocycles. The van der Waals surface area contributed by atoms with Gasteiger partial charge < -0.3 is 4.74 Å². The molecule has 5 heteroatoms. The average Bonchev–Trinajstić information content (AvgIpc) is 3.13. The highest BCUT2D eigenvalue weighted by molar-refractivity contribution is 9.10. The number of nitrogens with zero attached hydrogens (tertiary/aromatic N) is 2. The van der Waals surface area contributed by atoms with Crippen molar-refractivity contribution in [2.45, 2.75) is 45.4 Å². The van der Waals surface area contributed by atoms with Gasteiger partial charge in [0.15, 0.2) is 0 Å². The first-order valence-corrected chi connectivity index (χ1v) is 10.5. The maximum absolute atomic E-state index is 5.86. The van der Waals surface area contributed by atoms with Gasteiger partial charge in [-0.25, -0.2) is 0 Å². The molecule has 3 aromatic rings. The monoisotopic (exact) mass is 418 g/mol. The first kappa shape index (κ1) is 18.3. The fraction of sp³-hybridized carbons (Fsp3) is 0.400. The molecular weight excluding hydrogens is 396 g/mol. The Morgan fingerprint density at radius 2 is 1.60 bits per heavy atom. The fourth-order valence-electron chi connectivity index (χ4n) is 2.87. The van der Waals surface area contributed by atoms with Crippen LogP contribution in [-0.2, 0) is 0 Å². The molecule has 0 aliphatic carbocycles. The van der Waals surface area contributed by atoms with E-state index in [1.165, 1.54) is 43.8 Å². The van der Waals surface area contributed by atoms with Gasteiger partial charge in [-0.15, -0.1) is 0 Å². The zero-order valence-electron chi connectivity index (χ0n) is 14.5. The summed E-state index contributed by atoms with van der Waals surface area (Å²) in [5, 5.41) is 0. The minimum Gasteiger partial charge on any atom is -0.494 e. The van der Waals surface area contributed by atoms with Crippen LogP contribution in [0.4, 0.5) is 0 Å². The largest absolute Gasteiger partial charge is 0.494 e. The number of unbranched alkanes of at least 4 members (excludes halogenated alkanes) is 5. The van der Waals surface area contributed by atoms with E-state index in [0.717, 1.165) is 45.4 Å².